The van der Waals surface area contributed by atoms with Gasteiger partial charge in [0.05, 0.1) is 7.11 Å². The van der Waals surface area contributed by atoms with Crippen molar-refractivity contribution in [3.63, 3.8) is 0 Å². The number of urea groups is 1. The van der Waals surface area contributed by atoms with E-state index in [1.807, 2.05) is 0 Å². The lowest BCUT2D eigenvalue weighted by atomic mass is 10.3. The minimum atomic E-state index is -0.508. The highest BCUT2D eigenvalue weighted by atomic mass is 19.1. The van der Waals surface area contributed by atoms with E-state index in [9.17, 15) is 9.18 Å². The van der Waals surface area contributed by atoms with E-state index in [-0.39, 0.29) is 11.8 Å². The van der Waals surface area contributed by atoms with Gasteiger partial charge in [-0.1, -0.05) is 0 Å². The number of benzene rings is 1. The first kappa shape index (κ1) is 11.3. The summed E-state index contributed by atoms with van der Waals surface area (Å²) >= 11 is 0. The summed E-state index contributed by atoms with van der Waals surface area (Å²) in [5.41, 5.74) is 0.388. The van der Waals surface area contributed by atoms with E-state index in [0.29, 0.717) is 12.2 Å². The third-order valence-corrected chi connectivity index (χ3v) is 1.75. The molecule has 0 radical (unpaired) electrons. The summed E-state index contributed by atoms with van der Waals surface area (Å²) in [5, 5.41) is 5.03. The summed E-state index contributed by atoms with van der Waals surface area (Å²) in [4.78, 5) is 11.1. The van der Waals surface area contributed by atoms with Crippen LogP contribution >= 0.6 is 0 Å². The van der Waals surface area contributed by atoms with Gasteiger partial charge in [0.2, 0.25) is 0 Å². The number of ether oxygens (including phenoxy) is 1. The molecule has 0 unspecified atom stereocenters. The van der Waals surface area contributed by atoms with Gasteiger partial charge in [0, 0.05) is 18.3 Å². The lowest BCUT2D eigenvalue weighted by Crippen LogP contribution is -2.28. The Balaban J connectivity index is 2.71. The quantitative estimate of drug-likeness (QED) is 0.804. The van der Waals surface area contributed by atoms with Crippen molar-refractivity contribution in [2.75, 3.05) is 19.0 Å². The highest BCUT2D eigenvalue weighted by molar-refractivity contribution is 5.89. The van der Waals surface area contributed by atoms with Gasteiger partial charge in [-0.15, -0.1) is 0 Å². The van der Waals surface area contributed by atoms with Crippen molar-refractivity contribution in [1.82, 2.24) is 5.32 Å². The Morgan fingerprint density at radius 2 is 2.27 bits per heavy atom. The molecule has 0 aromatic heterocycles. The monoisotopic (exact) mass is 212 g/mol. The van der Waals surface area contributed by atoms with Gasteiger partial charge < -0.3 is 15.4 Å². The van der Waals surface area contributed by atoms with Crippen molar-refractivity contribution in [1.29, 1.82) is 0 Å². The van der Waals surface area contributed by atoms with E-state index >= 15 is 0 Å². The molecule has 1 rings (SSSR count). The lowest BCUT2D eigenvalue weighted by molar-refractivity contribution is 0.252. The van der Waals surface area contributed by atoms with Crippen molar-refractivity contribution < 1.29 is 13.9 Å². The zero-order valence-corrected chi connectivity index (χ0v) is 8.63. The minimum absolute atomic E-state index is 0.149. The summed E-state index contributed by atoms with van der Waals surface area (Å²) < 4.78 is 17.9. The normalized spacial score (nSPS) is 9.53. The van der Waals surface area contributed by atoms with Crippen LogP contribution in [0.2, 0.25) is 0 Å². The number of carbonyl (C=O) groups is 1. The van der Waals surface area contributed by atoms with E-state index in [4.69, 9.17) is 4.74 Å². The maximum absolute atomic E-state index is 13.2. The Labute approximate surface area is 87.4 Å². The molecule has 0 fully saturated rings. The van der Waals surface area contributed by atoms with Crippen molar-refractivity contribution in [2.24, 2.45) is 0 Å². The standard InChI is InChI=1S/C10H13FN2O2/c1-3-12-10(14)13-7-4-5-9(15-2)8(11)6-7/h4-6H,3H2,1-2H3,(H2,12,13,14). The van der Waals surface area contributed by atoms with Gasteiger partial charge in [-0.25, -0.2) is 9.18 Å². The van der Waals surface area contributed by atoms with Gasteiger partial charge in [0.25, 0.3) is 0 Å². The molecule has 0 saturated carbocycles. The average Bonchev–Trinajstić information content (AvgIpc) is 2.18. The van der Waals surface area contributed by atoms with Crippen molar-refractivity contribution in [2.45, 2.75) is 6.92 Å². The largest absolute Gasteiger partial charge is 0.494 e. The molecule has 4 nitrogen and oxygen atoms in total. The van der Waals surface area contributed by atoms with Crippen LogP contribution < -0.4 is 15.4 Å². The molecule has 2 amide bonds. The number of nitrogens with one attached hydrogen (secondary N) is 2. The summed E-state index contributed by atoms with van der Waals surface area (Å²) in [6, 6.07) is 3.87. The van der Waals surface area contributed by atoms with E-state index in [1.165, 1.54) is 19.2 Å². The summed E-state index contributed by atoms with van der Waals surface area (Å²) in [6.45, 7) is 2.32. The molecule has 0 saturated heterocycles. The fourth-order valence-corrected chi connectivity index (χ4v) is 1.08. The molecule has 0 aliphatic rings. The number of carbonyl (C=O) groups excluding carboxylic acids is 1. The smallest absolute Gasteiger partial charge is 0.319 e. The van der Waals surface area contributed by atoms with Crippen molar-refractivity contribution >= 4 is 11.7 Å². The fraction of sp³-hybridized carbons (Fsp3) is 0.300. The van der Waals surface area contributed by atoms with Crippen LogP contribution in [0.1, 0.15) is 6.92 Å². The predicted molar refractivity (Wildman–Crippen MR) is 55.6 cm³/mol. The van der Waals surface area contributed by atoms with Crippen LogP contribution in [-0.2, 0) is 0 Å². The summed E-state index contributed by atoms with van der Waals surface area (Å²) in [5.74, 6) is -0.358. The number of hydrogen-bond donors (Lipinski definition) is 2. The maximum Gasteiger partial charge on any atom is 0.319 e. The van der Waals surface area contributed by atoms with Gasteiger partial charge in [-0.3, -0.25) is 0 Å². The first-order valence-electron chi connectivity index (χ1n) is 4.55. The minimum Gasteiger partial charge on any atom is -0.494 e. The molecule has 0 bridgehead atoms. The molecule has 0 heterocycles. The fourth-order valence-electron chi connectivity index (χ4n) is 1.08. The Morgan fingerprint density at radius 3 is 2.80 bits per heavy atom. The topological polar surface area (TPSA) is 50.4 Å². The number of anilines is 1. The highest BCUT2D eigenvalue weighted by Gasteiger charge is 2.05. The van der Waals surface area contributed by atoms with Gasteiger partial charge in [0.15, 0.2) is 11.6 Å². The molecular weight excluding hydrogens is 199 g/mol. The van der Waals surface area contributed by atoms with E-state index in [0.717, 1.165) is 0 Å². The van der Waals surface area contributed by atoms with E-state index in [2.05, 4.69) is 10.6 Å². The number of rotatable bonds is 3. The second kappa shape index (κ2) is 5.19. The summed E-state index contributed by atoms with van der Waals surface area (Å²) in [7, 11) is 1.38. The van der Waals surface area contributed by atoms with Crippen molar-refractivity contribution in [3.05, 3.63) is 24.0 Å². The zero-order chi connectivity index (χ0) is 11.3. The van der Waals surface area contributed by atoms with Gasteiger partial charge >= 0.3 is 6.03 Å². The van der Waals surface area contributed by atoms with Crippen LogP contribution in [0, 0.1) is 5.82 Å². The highest BCUT2D eigenvalue weighted by Crippen LogP contribution is 2.20. The molecule has 1 aromatic rings. The second-order valence-corrected chi connectivity index (χ2v) is 2.83. The Hall–Kier alpha value is -1.78. The second-order valence-electron chi connectivity index (χ2n) is 2.83. The van der Waals surface area contributed by atoms with Crippen LogP contribution in [0.5, 0.6) is 5.75 Å². The van der Waals surface area contributed by atoms with Crippen LogP contribution in [0.3, 0.4) is 0 Å². The van der Waals surface area contributed by atoms with E-state index < -0.39 is 5.82 Å². The third-order valence-electron chi connectivity index (χ3n) is 1.75. The molecule has 5 heteroatoms. The zero-order valence-electron chi connectivity index (χ0n) is 8.63. The number of halogens is 1. The first-order chi connectivity index (χ1) is 7.17. The molecule has 0 atom stereocenters. The van der Waals surface area contributed by atoms with Gasteiger partial charge in [-0.05, 0) is 19.1 Å². The van der Waals surface area contributed by atoms with Crippen molar-refractivity contribution in [3.8, 4) is 5.75 Å². The number of methoxy groups -OCH3 is 1. The van der Waals surface area contributed by atoms with Gasteiger partial charge in [-0.2, -0.15) is 0 Å². The Bertz CT molecular complexity index is 355. The molecule has 0 spiro atoms. The van der Waals surface area contributed by atoms with Crippen LogP contribution in [0.25, 0.3) is 0 Å². The van der Waals surface area contributed by atoms with Crippen LogP contribution in [0.15, 0.2) is 18.2 Å². The van der Waals surface area contributed by atoms with Crippen LogP contribution in [-0.4, -0.2) is 19.7 Å². The molecule has 82 valence electrons. The Morgan fingerprint density at radius 1 is 1.53 bits per heavy atom. The first-order valence-corrected chi connectivity index (χ1v) is 4.55. The molecular formula is C10H13FN2O2. The molecule has 0 aliphatic carbocycles. The third kappa shape index (κ3) is 3.12. The average molecular weight is 212 g/mol. The Kier molecular flexibility index (Phi) is 3.91. The predicted octanol–water partition coefficient (Wildman–Crippen LogP) is 1.98. The number of amides is 2. The summed E-state index contributed by atoms with van der Waals surface area (Å²) in [6.07, 6.45) is 0. The lowest BCUT2D eigenvalue weighted by Gasteiger charge is -2.07. The number of hydrogen-bond acceptors (Lipinski definition) is 2. The van der Waals surface area contributed by atoms with E-state index in [1.54, 1.807) is 13.0 Å². The maximum atomic E-state index is 13.2. The molecule has 1 aromatic carbocycles. The van der Waals surface area contributed by atoms with Gasteiger partial charge in [0.1, 0.15) is 0 Å². The molecule has 2 N–H and O–H groups in total. The molecule has 15 heavy (non-hydrogen) atoms. The molecule has 0 aliphatic heterocycles. The van der Waals surface area contributed by atoms with Crippen LogP contribution in [0.4, 0.5) is 14.9 Å². The SMILES string of the molecule is CCNC(=O)Nc1ccc(OC)c(F)c1.